The molecule has 1 N–H and O–H groups in total. The quantitative estimate of drug-likeness (QED) is 0.804. The van der Waals surface area contributed by atoms with E-state index in [1.807, 2.05) is 6.07 Å². The minimum Gasteiger partial charge on any atom is -0.395 e. The highest BCUT2D eigenvalue weighted by molar-refractivity contribution is 5.85. The first-order valence-electron chi connectivity index (χ1n) is 8.30. The van der Waals surface area contributed by atoms with Crippen LogP contribution in [0.5, 0.6) is 11.5 Å². The fraction of sp³-hybridized carbons (Fsp3) is 0.647. The Morgan fingerprint density at radius 2 is 1.80 bits per heavy atom. The number of hydrogen-bond donors (Lipinski definition) is 1. The zero-order chi connectivity index (χ0) is 16.4. The van der Waals surface area contributed by atoms with Crippen LogP contribution in [0.1, 0.15) is 38.3 Å². The molecule has 2 aliphatic heterocycles. The Morgan fingerprint density at radius 3 is 2.44 bits per heavy atom. The maximum Gasteiger partial charge on any atom is 0.586 e. The van der Waals surface area contributed by atoms with Crippen LogP contribution in [0.25, 0.3) is 0 Å². The number of ether oxygens (including phenoxy) is 2. The van der Waals surface area contributed by atoms with Crippen molar-refractivity contribution in [3.8, 4) is 11.5 Å². The predicted octanol–water partition coefficient (Wildman–Crippen LogP) is 4.23. The molecule has 1 fully saturated rings. The summed E-state index contributed by atoms with van der Waals surface area (Å²) in [7, 11) is 0. The third-order valence-electron chi connectivity index (χ3n) is 4.43. The van der Waals surface area contributed by atoms with Gasteiger partial charge in [-0.05, 0) is 24.8 Å². The van der Waals surface area contributed by atoms with Crippen molar-refractivity contribution in [3.63, 3.8) is 0 Å². The van der Waals surface area contributed by atoms with Crippen LogP contribution < -0.4 is 14.8 Å². The van der Waals surface area contributed by atoms with Gasteiger partial charge in [0.25, 0.3) is 0 Å². The number of nitrogens with one attached hydrogen (secondary N) is 1. The Kier molecular flexibility index (Phi) is 8.19. The lowest BCUT2D eigenvalue weighted by atomic mass is 9.95. The van der Waals surface area contributed by atoms with E-state index < -0.39 is 6.29 Å². The van der Waals surface area contributed by atoms with Crippen molar-refractivity contribution in [2.75, 3.05) is 26.2 Å². The number of piperazine rings is 1. The van der Waals surface area contributed by atoms with Gasteiger partial charge in [0.2, 0.25) is 0 Å². The van der Waals surface area contributed by atoms with Crippen molar-refractivity contribution in [3.05, 3.63) is 23.8 Å². The monoisotopic (exact) mass is 398 g/mol. The van der Waals surface area contributed by atoms with Gasteiger partial charge in [0.1, 0.15) is 0 Å². The Hall–Kier alpha value is -0.820. The first kappa shape index (κ1) is 22.2. The van der Waals surface area contributed by atoms with Crippen LogP contribution >= 0.6 is 24.8 Å². The van der Waals surface area contributed by atoms with Crippen LogP contribution in [0.15, 0.2) is 18.2 Å². The maximum atomic E-state index is 13.5. The molecule has 2 heterocycles. The molecule has 1 saturated heterocycles. The standard InChI is InChI=1S/C17H24F2N2O2.2ClH/c1-12(2)6-7-14(21-10-8-20-9-11-21)13-4-3-5-15-16(13)23-17(18,19)22-15;;/h3-5,12,14,20H,6-11H2,1-2H3;2*1H/t14-;;/m0../s1. The minimum absolute atomic E-state index is 0. The van der Waals surface area contributed by atoms with Crippen molar-refractivity contribution in [2.24, 2.45) is 5.92 Å². The second kappa shape index (κ2) is 9.21. The third-order valence-corrected chi connectivity index (χ3v) is 4.43. The molecule has 0 radical (unpaired) electrons. The largest absolute Gasteiger partial charge is 0.586 e. The first-order chi connectivity index (χ1) is 11.0. The lowest BCUT2D eigenvalue weighted by Gasteiger charge is -2.36. The summed E-state index contributed by atoms with van der Waals surface area (Å²) in [6.45, 7) is 8.00. The molecule has 0 amide bonds. The molecule has 144 valence electrons. The van der Waals surface area contributed by atoms with Crippen molar-refractivity contribution in [2.45, 2.75) is 39.0 Å². The Labute approximate surface area is 160 Å². The first-order valence-corrected chi connectivity index (χ1v) is 8.30. The molecule has 8 heteroatoms. The Morgan fingerprint density at radius 1 is 1.12 bits per heavy atom. The van der Waals surface area contributed by atoms with E-state index in [-0.39, 0.29) is 42.4 Å². The molecular formula is C17H26Cl2F2N2O2. The van der Waals surface area contributed by atoms with Gasteiger partial charge in [0.15, 0.2) is 11.5 Å². The fourth-order valence-corrected chi connectivity index (χ4v) is 3.27. The zero-order valence-corrected chi connectivity index (χ0v) is 16.1. The molecule has 1 aromatic rings. The Bertz CT molecular complexity index is 555. The molecular weight excluding hydrogens is 373 g/mol. The second-order valence-electron chi connectivity index (χ2n) is 6.61. The lowest BCUT2D eigenvalue weighted by Crippen LogP contribution is -2.45. The van der Waals surface area contributed by atoms with Crippen molar-refractivity contribution in [1.29, 1.82) is 0 Å². The highest BCUT2D eigenvalue weighted by Gasteiger charge is 2.45. The summed E-state index contributed by atoms with van der Waals surface area (Å²) in [6.07, 6.45) is -1.61. The average molecular weight is 399 g/mol. The van der Waals surface area contributed by atoms with E-state index in [4.69, 9.17) is 4.74 Å². The number of hydrogen-bond acceptors (Lipinski definition) is 4. The topological polar surface area (TPSA) is 33.7 Å². The van der Waals surface area contributed by atoms with Crippen LogP contribution in [0, 0.1) is 5.92 Å². The van der Waals surface area contributed by atoms with Crippen LogP contribution in [0.4, 0.5) is 8.78 Å². The van der Waals surface area contributed by atoms with Crippen LogP contribution in [-0.4, -0.2) is 37.4 Å². The van der Waals surface area contributed by atoms with E-state index >= 15 is 0 Å². The van der Waals surface area contributed by atoms with Gasteiger partial charge in [-0.2, -0.15) is 0 Å². The molecule has 0 saturated carbocycles. The predicted molar refractivity (Wildman–Crippen MR) is 98.4 cm³/mol. The summed E-state index contributed by atoms with van der Waals surface area (Å²) in [4.78, 5) is 2.36. The Balaban J connectivity index is 0.00000156. The molecule has 0 aliphatic carbocycles. The van der Waals surface area contributed by atoms with Gasteiger partial charge in [-0.3, -0.25) is 4.90 Å². The summed E-state index contributed by atoms with van der Waals surface area (Å²) in [5.41, 5.74) is 0.808. The zero-order valence-electron chi connectivity index (χ0n) is 14.5. The molecule has 25 heavy (non-hydrogen) atoms. The van der Waals surface area contributed by atoms with Gasteiger partial charge >= 0.3 is 6.29 Å². The smallest absolute Gasteiger partial charge is 0.395 e. The molecule has 1 atom stereocenters. The number of nitrogens with zero attached hydrogens (tertiary/aromatic N) is 1. The van der Waals surface area contributed by atoms with E-state index in [2.05, 4.69) is 28.8 Å². The minimum atomic E-state index is -3.56. The van der Waals surface area contributed by atoms with Crippen molar-refractivity contribution >= 4 is 24.8 Å². The van der Waals surface area contributed by atoms with E-state index in [9.17, 15) is 8.78 Å². The van der Waals surface area contributed by atoms with E-state index in [1.54, 1.807) is 6.07 Å². The summed E-state index contributed by atoms with van der Waals surface area (Å²) in [5, 5.41) is 3.33. The van der Waals surface area contributed by atoms with Gasteiger partial charge < -0.3 is 14.8 Å². The van der Waals surface area contributed by atoms with Crippen LogP contribution in [0.2, 0.25) is 0 Å². The van der Waals surface area contributed by atoms with Gasteiger partial charge in [0.05, 0.1) is 0 Å². The van der Waals surface area contributed by atoms with Gasteiger partial charge in [-0.1, -0.05) is 26.0 Å². The number of benzene rings is 1. The second-order valence-corrected chi connectivity index (χ2v) is 6.61. The molecule has 2 aliphatic rings. The average Bonchev–Trinajstić information content (AvgIpc) is 2.83. The SMILES string of the molecule is CC(C)CC[C@@H](c1cccc2c1OC(F)(F)O2)N1CCNCC1.Cl.Cl. The summed E-state index contributed by atoms with van der Waals surface area (Å²) in [6, 6.07) is 5.27. The normalized spacial score (nSPS) is 19.9. The van der Waals surface area contributed by atoms with Gasteiger partial charge in [-0.15, -0.1) is 33.6 Å². The molecule has 0 aromatic heterocycles. The molecule has 0 bridgehead atoms. The maximum absolute atomic E-state index is 13.5. The number of rotatable bonds is 5. The van der Waals surface area contributed by atoms with E-state index in [1.165, 1.54) is 6.07 Å². The summed E-state index contributed by atoms with van der Waals surface area (Å²) in [5.74, 6) is 0.901. The van der Waals surface area contributed by atoms with Gasteiger partial charge in [0, 0.05) is 37.8 Å². The molecule has 0 unspecified atom stereocenters. The van der Waals surface area contributed by atoms with Crippen LogP contribution in [-0.2, 0) is 0 Å². The van der Waals surface area contributed by atoms with Gasteiger partial charge in [-0.25, -0.2) is 0 Å². The number of halogens is 4. The molecule has 4 nitrogen and oxygen atoms in total. The summed E-state index contributed by atoms with van der Waals surface area (Å²) >= 11 is 0. The molecule has 1 aromatic carbocycles. The fourth-order valence-electron chi connectivity index (χ4n) is 3.27. The van der Waals surface area contributed by atoms with Crippen molar-refractivity contribution < 1.29 is 18.3 Å². The van der Waals surface area contributed by atoms with Crippen molar-refractivity contribution in [1.82, 2.24) is 10.2 Å². The third kappa shape index (κ3) is 5.33. The van der Waals surface area contributed by atoms with Crippen LogP contribution in [0.3, 0.4) is 0 Å². The molecule has 0 spiro atoms. The highest BCUT2D eigenvalue weighted by atomic mass is 35.5. The summed E-state index contributed by atoms with van der Waals surface area (Å²) < 4.78 is 36.4. The lowest BCUT2D eigenvalue weighted by molar-refractivity contribution is -0.287. The number of alkyl halides is 2. The highest BCUT2D eigenvalue weighted by Crippen LogP contribution is 2.47. The van der Waals surface area contributed by atoms with E-state index in [0.29, 0.717) is 5.92 Å². The van der Waals surface area contributed by atoms with E-state index in [0.717, 1.165) is 44.6 Å². The number of fused-ring (bicyclic) bond motifs is 1. The number of para-hydroxylation sites is 1. The molecule has 3 rings (SSSR count).